The van der Waals surface area contributed by atoms with Crippen LogP contribution < -0.4 is 5.32 Å². The van der Waals surface area contributed by atoms with Crippen molar-refractivity contribution in [1.29, 1.82) is 5.26 Å². The summed E-state index contributed by atoms with van der Waals surface area (Å²) in [5.74, 6) is 0. The Morgan fingerprint density at radius 1 is 1.13 bits per heavy atom. The van der Waals surface area contributed by atoms with Crippen molar-refractivity contribution in [2.45, 2.75) is 13.1 Å². The number of nitrogens with zero attached hydrogens (tertiary/aromatic N) is 3. The fourth-order valence-electron chi connectivity index (χ4n) is 2.32. The molecule has 1 N–H and O–H groups in total. The van der Waals surface area contributed by atoms with Crippen LogP contribution in [-0.4, -0.2) is 9.78 Å². The lowest BCUT2D eigenvalue weighted by Gasteiger charge is -2.07. The fourth-order valence-corrected chi connectivity index (χ4v) is 2.49. The van der Waals surface area contributed by atoms with Crippen LogP contribution in [-0.2, 0) is 13.1 Å². The second-order valence-electron chi connectivity index (χ2n) is 5.19. The Labute approximate surface area is 139 Å². The van der Waals surface area contributed by atoms with Gasteiger partial charge in [0.05, 0.1) is 24.0 Å². The Morgan fingerprint density at radius 2 is 1.96 bits per heavy atom. The minimum absolute atomic E-state index is 0.536. The van der Waals surface area contributed by atoms with Crippen molar-refractivity contribution < 1.29 is 0 Å². The van der Waals surface area contributed by atoms with E-state index in [4.69, 9.17) is 16.9 Å². The number of benzene rings is 2. The van der Waals surface area contributed by atoms with Crippen LogP contribution in [0.25, 0.3) is 0 Å². The first-order valence-electron chi connectivity index (χ1n) is 7.23. The van der Waals surface area contributed by atoms with Gasteiger partial charge in [-0.25, -0.2) is 0 Å². The lowest BCUT2D eigenvalue weighted by molar-refractivity contribution is 0.686. The molecule has 0 aliphatic rings. The smallest absolute Gasteiger partial charge is 0.101 e. The van der Waals surface area contributed by atoms with Crippen LogP contribution in [0.2, 0.25) is 5.02 Å². The summed E-state index contributed by atoms with van der Waals surface area (Å²) in [6.07, 6.45) is 3.83. The normalized spacial score (nSPS) is 10.3. The zero-order valence-corrected chi connectivity index (χ0v) is 13.2. The molecule has 3 aromatic rings. The van der Waals surface area contributed by atoms with E-state index >= 15 is 0 Å². The number of aromatic nitrogens is 2. The largest absolute Gasteiger partial charge is 0.380 e. The SMILES string of the molecule is N#Cc1cc(Cl)ccc1NCc1cnn(Cc2ccccc2)c1. The summed E-state index contributed by atoms with van der Waals surface area (Å²) in [4.78, 5) is 0. The van der Waals surface area contributed by atoms with Crippen molar-refractivity contribution in [3.05, 3.63) is 82.6 Å². The molecule has 4 nitrogen and oxygen atoms in total. The van der Waals surface area contributed by atoms with Gasteiger partial charge in [-0.2, -0.15) is 10.4 Å². The number of hydrogen-bond acceptors (Lipinski definition) is 3. The number of hydrogen-bond donors (Lipinski definition) is 1. The minimum atomic E-state index is 0.536. The highest BCUT2D eigenvalue weighted by Gasteiger charge is 2.04. The highest BCUT2D eigenvalue weighted by atomic mass is 35.5. The molecule has 0 fully saturated rings. The van der Waals surface area contributed by atoms with E-state index in [1.807, 2.05) is 41.3 Å². The van der Waals surface area contributed by atoms with Gasteiger partial charge >= 0.3 is 0 Å². The van der Waals surface area contributed by atoms with Crippen molar-refractivity contribution in [1.82, 2.24) is 9.78 Å². The molecule has 0 atom stereocenters. The molecular weight excluding hydrogens is 308 g/mol. The van der Waals surface area contributed by atoms with E-state index in [1.165, 1.54) is 5.56 Å². The van der Waals surface area contributed by atoms with Crippen LogP contribution in [0.3, 0.4) is 0 Å². The maximum atomic E-state index is 9.14. The van der Waals surface area contributed by atoms with Crippen LogP contribution in [0.15, 0.2) is 60.9 Å². The summed E-state index contributed by atoms with van der Waals surface area (Å²) < 4.78 is 1.90. The Morgan fingerprint density at radius 3 is 2.74 bits per heavy atom. The van der Waals surface area contributed by atoms with Gasteiger partial charge in [-0.15, -0.1) is 0 Å². The maximum Gasteiger partial charge on any atom is 0.101 e. The molecule has 0 radical (unpaired) electrons. The first-order chi connectivity index (χ1) is 11.2. The van der Waals surface area contributed by atoms with Crippen LogP contribution in [0, 0.1) is 11.3 Å². The van der Waals surface area contributed by atoms with Gasteiger partial charge in [-0.3, -0.25) is 4.68 Å². The van der Waals surface area contributed by atoms with E-state index in [0.717, 1.165) is 17.8 Å². The van der Waals surface area contributed by atoms with Crippen LogP contribution in [0.1, 0.15) is 16.7 Å². The summed E-state index contributed by atoms with van der Waals surface area (Å²) in [6.45, 7) is 1.34. The van der Waals surface area contributed by atoms with E-state index < -0.39 is 0 Å². The molecule has 0 amide bonds. The first-order valence-corrected chi connectivity index (χ1v) is 7.61. The summed E-state index contributed by atoms with van der Waals surface area (Å²) in [5.41, 5.74) is 3.57. The zero-order valence-electron chi connectivity index (χ0n) is 12.4. The summed E-state index contributed by atoms with van der Waals surface area (Å²) in [5, 5.41) is 17.3. The zero-order chi connectivity index (χ0) is 16.1. The lowest BCUT2D eigenvalue weighted by Crippen LogP contribution is -2.01. The predicted molar refractivity (Wildman–Crippen MR) is 91.3 cm³/mol. The van der Waals surface area contributed by atoms with Gasteiger partial charge in [0.15, 0.2) is 0 Å². The molecule has 5 heteroatoms. The Kier molecular flexibility index (Phi) is 4.60. The molecule has 1 aromatic heterocycles. The van der Waals surface area contributed by atoms with Crippen molar-refractivity contribution in [2.24, 2.45) is 0 Å². The van der Waals surface area contributed by atoms with Crippen LogP contribution >= 0.6 is 11.6 Å². The average Bonchev–Trinajstić information content (AvgIpc) is 3.02. The molecule has 0 saturated carbocycles. The first kappa shape index (κ1) is 15.1. The molecule has 1 heterocycles. The predicted octanol–water partition coefficient (Wildman–Crippen LogP) is 4.07. The topological polar surface area (TPSA) is 53.6 Å². The number of rotatable bonds is 5. The molecule has 23 heavy (non-hydrogen) atoms. The molecular formula is C18H15ClN4. The molecule has 0 saturated heterocycles. The third-order valence-electron chi connectivity index (χ3n) is 3.46. The van der Waals surface area contributed by atoms with Gasteiger partial charge in [0.25, 0.3) is 0 Å². The van der Waals surface area contributed by atoms with Crippen molar-refractivity contribution in [3.8, 4) is 6.07 Å². The van der Waals surface area contributed by atoms with Crippen molar-refractivity contribution in [3.63, 3.8) is 0 Å². The second-order valence-corrected chi connectivity index (χ2v) is 5.62. The summed E-state index contributed by atoms with van der Waals surface area (Å²) >= 11 is 5.90. The van der Waals surface area contributed by atoms with E-state index in [9.17, 15) is 0 Å². The highest BCUT2D eigenvalue weighted by molar-refractivity contribution is 6.30. The van der Waals surface area contributed by atoms with Crippen LogP contribution in [0.5, 0.6) is 0 Å². The molecule has 0 aliphatic heterocycles. The van der Waals surface area contributed by atoms with E-state index in [1.54, 1.807) is 12.1 Å². The number of halogens is 1. The number of anilines is 1. The van der Waals surface area contributed by atoms with E-state index in [-0.39, 0.29) is 0 Å². The molecule has 2 aromatic carbocycles. The van der Waals surface area contributed by atoms with Crippen molar-refractivity contribution >= 4 is 17.3 Å². The van der Waals surface area contributed by atoms with Crippen LogP contribution in [0.4, 0.5) is 5.69 Å². The minimum Gasteiger partial charge on any atom is -0.380 e. The Bertz CT molecular complexity index is 834. The van der Waals surface area contributed by atoms with E-state index in [0.29, 0.717) is 17.1 Å². The summed E-state index contributed by atoms with van der Waals surface area (Å²) in [7, 11) is 0. The quantitative estimate of drug-likeness (QED) is 0.770. The molecule has 0 unspecified atom stereocenters. The van der Waals surface area contributed by atoms with Crippen molar-refractivity contribution in [2.75, 3.05) is 5.32 Å². The van der Waals surface area contributed by atoms with Gasteiger partial charge in [0, 0.05) is 23.3 Å². The molecule has 0 aliphatic carbocycles. The Hall–Kier alpha value is -2.77. The molecule has 0 bridgehead atoms. The molecule has 3 rings (SSSR count). The lowest BCUT2D eigenvalue weighted by atomic mass is 10.2. The molecule has 114 valence electrons. The maximum absolute atomic E-state index is 9.14. The average molecular weight is 323 g/mol. The number of nitriles is 1. The van der Waals surface area contributed by atoms with Gasteiger partial charge in [0.1, 0.15) is 6.07 Å². The van der Waals surface area contributed by atoms with Gasteiger partial charge in [-0.05, 0) is 23.8 Å². The standard InChI is InChI=1S/C18H15ClN4/c19-17-6-7-18(16(8-17)9-20)21-10-15-11-22-23(13-15)12-14-4-2-1-3-5-14/h1-8,11,13,21H,10,12H2. The van der Waals surface area contributed by atoms with E-state index in [2.05, 4.69) is 28.6 Å². The second kappa shape index (κ2) is 6.99. The summed E-state index contributed by atoms with van der Waals surface area (Å²) in [6, 6.07) is 17.6. The highest BCUT2D eigenvalue weighted by Crippen LogP contribution is 2.20. The van der Waals surface area contributed by atoms with Gasteiger partial charge in [-0.1, -0.05) is 41.9 Å². The number of nitrogens with one attached hydrogen (secondary N) is 1. The third-order valence-corrected chi connectivity index (χ3v) is 3.69. The Balaban J connectivity index is 1.65. The fraction of sp³-hybridized carbons (Fsp3) is 0.111. The van der Waals surface area contributed by atoms with Gasteiger partial charge < -0.3 is 5.32 Å². The molecule has 0 spiro atoms. The van der Waals surface area contributed by atoms with Gasteiger partial charge in [0.2, 0.25) is 0 Å². The third kappa shape index (κ3) is 3.91. The monoisotopic (exact) mass is 322 g/mol.